The fourth-order valence-electron chi connectivity index (χ4n) is 4.28. The normalized spacial score (nSPS) is 15.6. The maximum Gasteiger partial charge on any atom is 0.270 e. The van der Waals surface area contributed by atoms with Crippen molar-refractivity contribution < 1.29 is 14.3 Å². The number of rotatable bonds is 6. The molecule has 1 fully saturated rings. The van der Waals surface area contributed by atoms with Crippen molar-refractivity contribution in [2.75, 3.05) is 20.2 Å². The molecule has 0 saturated carbocycles. The van der Waals surface area contributed by atoms with Gasteiger partial charge in [-0.25, -0.2) is 0 Å². The molecule has 31 heavy (non-hydrogen) atoms. The molecule has 0 radical (unpaired) electrons. The average Bonchev–Trinajstić information content (AvgIpc) is 3.25. The summed E-state index contributed by atoms with van der Waals surface area (Å²) in [5.41, 5.74) is 2.58. The Balaban J connectivity index is 1.31. The first kappa shape index (κ1) is 21.0. The Hall–Kier alpha value is -3.28. The highest BCUT2D eigenvalue weighted by atomic mass is 16.5. The molecule has 1 atom stereocenters. The van der Waals surface area contributed by atoms with Gasteiger partial charge in [-0.2, -0.15) is 0 Å². The summed E-state index contributed by atoms with van der Waals surface area (Å²) in [6.07, 6.45) is 1.67. The molecule has 1 aromatic heterocycles. The molecular weight excluding hydrogens is 390 g/mol. The van der Waals surface area contributed by atoms with E-state index in [1.165, 1.54) is 0 Å². The lowest BCUT2D eigenvalue weighted by Gasteiger charge is -2.34. The van der Waals surface area contributed by atoms with E-state index in [1.807, 2.05) is 66.4 Å². The number of benzene rings is 2. The molecular formula is C25H29N3O3. The number of aromatic nitrogens is 1. The molecule has 1 aliphatic heterocycles. The van der Waals surface area contributed by atoms with Crippen molar-refractivity contribution >= 4 is 22.7 Å². The Morgan fingerprint density at radius 3 is 2.58 bits per heavy atom. The van der Waals surface area contributed by atoms with Gasteiger partial charge in [-0.3, -0.25) is 9.59 Å². The number of nitrogens with zero attached hydrogens (tertiary/aromatic N) is 1. The van der Waals surface area contributed by atoms with Crippen molar-refractivity contribution in [2.45, 2.75) is 26.3 Å². The molecule has 1 saturated heterocycles. The van der Waals surface area contributed by atoms with E-state index in [0.29, 0.717) is 25.3 Å². The van der Waals surface area contributed by atoms with Gasteiger partial charge < -0.3 is 19.9 Å². The van der Waals surface area contributed by atoms with Crippen LogP contribution < -0.4 is 10.1 Å². The van der Waals surface area contributed by atoms with Gasteiger partial charge in [-0.1, -0.05) is 37.3 Å². The van der Waals surface area contributed by atoms with Gasteiger partial charge in [0.15, 0.2) is 0 Å². The van der Waals surface area contributed by atoms with E-state index in [4.69, 9.17) is 4.74 Å². The third-order valence-corrected chi connectivity index (χ3v) is 6.32. The Labute approximate surface area is 182 Å². The van der Waals surface area contributed by atoms with Crippen molar-refractivity contribution in [2.24, 2.45) is 11.8 Å². The number of carbonyl (C=O) groups excluding carboxylic acids is 2. The van der Waals surface area contributed by atoms with Crippen LogP contribution in [-0.4, -0.2) is 41.9 Å². The lowest BCUT2D eigenvalue weighted by atomic mass is 9.84. The zero-order valence-electron chi connectivity index (χ0n) is 18.1. The summed E-state index contributed by atoms with van der Waals surface area (Å²) in [6, 6.07) is 17.6. The minimum atomic E-state index is -0.0681. The molecule has 0 bridgehead atoms. The van der Waals surface area contributed by atoms with Crippen LogP contribution in [0.4, 0.5) is 0 Å². The number of fused-ring (bicyclic) bond motifs is 1. The molecule has 6 heteroatoms. The Morgan fingerprint density at radius 2 is 1.87 bits per heavy atom. The smallest absolute Gasteiger partial charge is 0.270 e. The molecule has 2 amide bonds. The van der Waals surface area contributed by atoms with E-state index in [0.717, 1.165) is 35.1 Å². The minimum Gasteiger partial charge on any atom is -0.497 e. The number of aromatic amines is 1. The summed E-state index contributed by atoms with van der Waals surface area (Å²) in [7, 11) is 1.63. The van der Waals surface area contributed by atoms with Crippen LogP contribution in [0.15, 0.2) is 54.6 Å². The number of nitrogens with one attached hydrogen (secondary N) is 2. The minimum absolute atomic E-state index is 0.00907. The van der Waals surface area contributed by atoms with Gasteiger partial charge in [-0.15, -0.1) is 0 Å². The molecule has 0 aliphatic carbocycles. The van der Waals surface area contributed by atoms with Crippen LogP contribution >= 0.6 is 0 Å². The lowest BCUT2D eigenvalue weighted by molar-refractivity contribution is -0.126. The third-order valence-electron chi connectivity index (χ3n) is 6.32. The zero-order valence-corrected chi connectivity index (χ0v) is 18.1. The number of carbonyl (C=O) groups is 2. The third kappa shape index (κ3) is 4.74. The predicted molar refractivity (Wildman–Crippen MR) is 121 cm³/mol. The zero-order chi connectivity index (χ0) is 21.8. The van der Waals surface area contributed by atoms with E-state index in [-0.39, 0.29) is 23.7 Å². The molecule has 1 aliphatic rings. The second-order valence-corrected chi connectivity index (χ2v) is 8.26. The summed E-state index contributed by atoms with van der Waals surface area (Å²) < 4.78 is 5.26. The van der Waals surface area contributed by atoms with Crippen LogP contribution in [0.3, 0.4) is 0 Å². The molecule has 1 unspecified atom stereocenters. The topological polar surface area (TPSA) is 74.4 Å². The average molecular weight is 420 g/mol. The summed E-state index contributed by atoms with van der Waals surface area (Å²) in [4.78, 5) is 30.7. The second kappa shape index (κ2) is 9.25. The molecule has 162 valence electrons. The van der Waals surface area contributed by atoms with Crippen LogP contribution in [0.1, 0.15) is 35.8 Å². The number of likely N-dealkylation sites (tertiary alicyclic amines) is 1. The Morgan fingerprint density at radius 1 is 1.13 bits per heavy atom. The largest absolute Gasteiger partial charge is 0.497 e. The van der Waals surface area contributed by atoms with Gasteiger partial charge in [0.2, 0.25) is 5.91 Å². The van der Waals surface area contributed by atoms with E-state index in [1.54, 1.807) is 7.11 Å². The number of amides is 2. The molecule has 2 aromatic carbocycles. The number of H-pyrrole nitrogens is 1. The highest BCUT2D eigenvalue weighted by Crippen LogP contribution is 2.27. The van der Waals surface area contributed by atoms with E-state index < -0.39 is 0 Å². The Bertz CT molecular complexity index is 1050. The number of hydrogen-bond acceptors (Lipinski definition) is 3. The fourth-order valence-corrected chi connectivity index (χ4v) is 4.28. The summed E-state index contributed by atoms with van der Waals surface area (Å²) in [6.45, 7) is 3.87. The Kier molecular flexibility index (Phi) is 6.26. The molecule has 4 rings (SSSR count). The first-order valence-electron chi connectivity index (χ1n) is 10.8. The molecule has 2 heterocycles. The molecule has 6 nitrogen and oxygen atoms in total. The summed E-state index contributed by atoms with van der Waals surface area (Å²) >= 11 is 0. The maximum absolute atomic E-state index is 13.0. The highest BCUT2D eigenvalue weighted by molar-refractivity contribution is 5.98. The van der Waals surface area contributed by atoms with Crippen molar-refractivity contribution in [3.8, 4) is 5.75 Å². The van der Waals surface area contributed by atoms with Crippen molar-refractivity contribution in [1.82, 2.24) is 15.2 Å². The predicted octanol–water partition coefficient (Wildman–Crippen LogP) is 3.98. The molecule has 0 spiro atoms. The maximum atomic E-state index is 13.0. The SMILES string of the molecule is COc1ccc2cc(C(=O)N3CCC(C(C)C(=O)NCc4ccccc4)CC3)[nH]c2c1. The highest BCUT2D eigenvalue weighted by Gasteiger charge is 2.30. The van der Waals surface area contributed by atoms with Crippen LogP contribution in [0.25, 0.3) is 10.9 Å². The fraction of sp³-hybridized carbons (Fsp3) is 0.360. The van der Waals surface area contributed by atoms with Crippen LogP contribution in [0.2, 0.25) is 0 Å². The number of hydrogen-bond donors (Lipinski definition) is 2. The van der Waals surface area contributed by atoms with Crippen LogP contribution in [0, 0.1) is 11.8 Å². The number of methoxy groups -OCH3 is 1. The summed E-state index contributed by atoms with van der Waals surface area (Å²) in [5.74, 6) is 1.06. The van der Waals surface area contributed by atoms with Crippen molar-refractivity contribution in [1.29, 1.82) is 0 Å². The standard InChI is InChI=1S/C25H29N3O3/c1-17(24(29)26-16-18-6-4-3-5-7-18)19-10-12-28(13-11-19)25(30)23-14-20-8-9-21(31-2)15-22(20)27-23/h3-9,14-15,17,19,27H,10-13,16H2,1-2H3,(H,26,29). The van der Waals surface area contributed by atoms with Gasteiger partial charge in [0.1, 0.15) is 11.4 Å². The first-order chi connectivity index (χ1) is 15.0. The number of piperidine rings is 1. The van der Waals surface area contributed by atoms with Gasteiger partial charge in [0.05, 0.1) is 7.11 Å². The monoisotopic (exact) mass is 419 g/mol. The molecule has 2 N–H and O–H groups in total. The van der Waals surface area contributed by atoms with Crippen molar-refractivity contribution in [3.05, 3.63) is 65.9 Å². The lowest BCUT2D eigenvalue weighted by Crippen LogP contribution is -2.42. The van der Waals surface area contributed by atoms with Crippen LogP contribution in [0.5, 0.6) is 5.75 Å². The second-order valence-electron chi connectivity index (χ2n) is 8.26. The first-order valence-corrected chi connectivity index (χ1v) is 10.8. The number of ether oxygens (including phenoxy) is 1. The van der Waals surface area contributed by atoms with E-state index >= 15 is 0 Å². The van der Waals surface area contributed by atoms with E-state index in [9.17, 15) is 9.59 Å². The van der Waals surface area contributed by atoms with Gasteiger partial charge in [0.25, 0.3) is 5.91 Å². The quantitative estimate of drug-likeness (QED) is 0.635. The van der Waals surface area contributed by atoms with Gasteiger partial charge in [0, 0.05) is 42.5 Å². The van der Waals surface area contributed by atoms with Gasteiger partial charge in [-0.05, 0) is 42.5 Å². The van der Waals surface area contributed by atoms with Crippen molar-refractivity contribution in [3.63, 3.8) is 0 Å². The van der Waals surface area contributed by atoms with Gasteiger partial charge >= 0.3 is 0 Å². The van der Waals surface area contributed by atoms with Crippen LogP contribution in [-0.2, 0) is 11.3 Å². The van der Waals surface area contributed by atoms with E-state index in [2.05, 4.69) is 10.3 Å². The molecule has 3 aromatic rings. The summed E-state index contributed by atoms with van der Waals surface area (Å²) in [5, 5.41) is 4.03.